The Morgan fingerprint density at radius 2 is 1.71 bits per heavy atom. The lowest BCUT2D eigenvalue weighted by atomic mass is 9.93. The summed E-state index contributed by atoms with van der Waals surface area (Å²) >= 11 is 0. The lowest BCUT2D eigenvalue weighted by Crippen LogP contribution is -2.23. The van der Waals surface area contributed by atoms with E-state index < -0.39 is 0 Å². The Hall–Kier alpha value is -0.820. The molecule has 0 aliphatic heterocycles. The van der Waals surface area contributed by atoms with Gasteiger partial charge in [-0.15, -0.1) is 0 Å². The van der Waals surface area contributed by atoms with E-state index >= 15 is 0 Å². The van der Waals surface area contributed by atoms with Gasteiger partial charge in [-0.05, 0) is 39.3 Å². The van der Waals surface area contributed by atoms with Crippen molar-refractivity contribution in [2.24, 2.45) is 0 Å². The van der Waals surface area contributed by atoms with Crippen LogP contribution in [0.1, 0.15) is 29.5 Å². The normalized spacial score (nSPS) is 18.2. The zero-order chi connectivity index (χ0) is 10.2. The van der Waals surface area contributed by atoms with Gasteiger partial charge in [0.1, 0.15) is 0 Å². The van der Waals surface area contributed by atoms with Crippen molar-refractivity contribution in [2.45, 2.75) is 32.1 Å². The van der Waals surface area contributed by atoms with Crippen LogP contribution in [0.5, 0.6) is 0 Å². The van der Waals surface area contributed by atoms with Crippen LogP contribution in [0.3, 0.4) is 0 Å². The molecule has 1 aromatic rings. The van der Waals surface area contributed by atoms with Gasteiger partial charge in [-0.25, -0.2) is 0 Å². The smallest absolute Gasteiger partial charge is 0.00785 e. The van der Waals surface area contributed by atoms with Crippen molar-refractivity contribution >= 4 is 0 Å². The Bertz CT molecular complexity index is 317. The molecule has 1 saturated carbocycles. The average molecular weight is 189 g/mol. The van der Waals surface area contributed by atoms with Crippen LogP contribution in [0.15, 0.2) is 18.2 Å². The highest BCUT2D eigenvalue weighted by Crippen LogP contribution is 2.47. The maximum absolute atomic E-state index is 3.31. The Kier molecular flexibility index (Phi) is 2.36. The second kappa shape index (κ2) is 3.39. The molecule has 0 amide bonds. The Labute approximate surface area is 86.5 Å². The molecule has 1 fully saturated rings. The molecule has 1 aliphatic rings. The number of hydrogen-bond donors (Lipinski definition) is 1. The molecule has 14 heavy (non-hydrogen) atoms. The van der Waals surface area contributed by atoms with Crippen LogP contribution in [0, 0.1) is 13.8 Å². The first-order chi connectivity index (χ1) is 6.66. The largest absolute Gasteiger partial charge is 0.319 e. The SMILES string of the molecule is CNCC1(c2cc(C)cc(C)c2)CC1. The van der Waals surface area contributed by atoms with Crippen LogP contribution in [0.25, 0.3) is 0 Å². The zero-order valence-electron chi connectivity index (χ0n) is 9.35. The molecule has 0 unspecified atom stereocenters. The summed E-state index contributed by atoms with van der Waals surface area (Å²) in [6.45, 7) is 5.49. The summed E-state index contributed by atoms with van der Waals surface area (Å²) in [5.74, 6) is 0. The first kappa shape index (κ1) is 9.72. The molecule has 0 bridgehead atoms. The van der Waals surface area contributed by atoms with E-state index in [4.69, 9.17) is 0 Å². The van der Waals surface area contributed by atoms with Crippen LogP contribution in [-0.2, 0) is 5.41 Å². The molecule has 1 N–H and O–H groups in total. The second-order valence-corrected chi connectivity index (χ2v) is 4.69. The van der Waals surface area contributed by atoms with E-state index in [-0.39, 0.29) is 0 Å². The van der Waals surface area contributed by atoms with Crippen LogP contribution in [0.2, 0.25) is 0 Å². The lowest BCUT2D eigenvalue weighted by molar-refractivity contribution is 0.623. The molecule has 76 valence electrons. The third-order valence-electron chi connectivity index (χ3n) is 3.20. The highest BCUT2D eigenvalue weighted by atomic mass is 14.8. The Balaban J connectivity index is 2.32. The number of nitrogens with one attached hydrogen (secondary N) is 1. The average Bonchev–Trinajstić information content (AvgIpc) is 2.84. The van der Waals surface area contributed by atoms with Gasteiger partial charge >= 0.3 is 0 Å². The number of aryl methyl sites for hydroxylation is 2. The minimum atomic E-state index is 0.464. The number of benzene rings is 1. The molecule has 1 aliphatic carbocycles. The van der Waals surface area contributed by atoms with Crippen molar-refractivity contribution in [1.82, 2.24) is 5.32 Å². The van der Waals surface area contributed by atoms with Gasteiger partial charge < -0.3 is 5.32 Å². The predicted octanol–water partition coefficient (Wildman–Crippen LogP) is 2.55. The number of hydrogen-bond acceptors (Lipinski definition) is 1. The molecule has 0 aromatic heterocycles. The second-order valence-electron chi connectivity index (χ2n) is 4.69. The molecule has 1 heteroatoms. The zero-order valence-corrected chi connectivity index (χ0v) is 9.35. The van der Waals surface area contributed by atoms with Crippen LogP contribution in [0.4, 0.5) is 0 Å². The molecule has 0 atom stereocenters. The summed E-state index contributed by atoms with van der Waals surface area (Å²) in [7, 11) is 2.04. The quantitative estimate of drug-likeness (QED) is 0.770. The van der Waals surface area contributed by atoms with Crippen LogP contribution >= 0.6 is 0 Å². The van der Waals surface area contributed by atoms with E-state index in [1.54, 1.807) is 0 Å². The van der Waals surface area contributed by atoms with Crippen LogP contribution < -0.4 is 5.32 Å². The first-order valence-corrected chi connectivity index (χ1v) is 5.40. The summed E-state index contributed by atoms with van der Waals surface area (Å²) in [6.07, 6.45) is 2.69. The Morgan fingerprint density at radius 1 is 1.14 bits per heavy atom. The molecule has 1 aromatic carbocycles. The third kappa shape index (κ3) is 1.69. The van der Waals surface area contributed by atoms with Crippen LogP contribution in [-0.4, -0.2) is 13.6 Å². The first-order valence-electron chi connectivity index (χ1n) is 5.40. The lowest BCUT2D eigenvalue weighted by Gasteiger charge is -2.16. The van der Waals surface area contributed by atoms with Gasteiger partial charge in [0.25, 0.3) is 0 Å². The third-order valence-corrected chi connectivity index (χ3v) is 3.20. The van der Waals surface area contributed by atoms with Crippen molar-refractivity contribution in [1.29, 1.82) is 0 Å². The minimum absolute atomic E-state index is 0.464. The maximum atomic E-state index is 3.31. The van der Waals surface area contributed by atoms with E-state index in [0.29, 0.717) is 5.41 Å². The summed E-state index contributed by atoms with van der Waals surface area (Å²) in [5, 5.41) is 3.31. The fourth-order valence-corrected chi connectivity index (χ4v) is 2.34. The molecule has 0 saturated heterocycles. The van der Waals surface area contributed by atoms with Gasteiger partial charge in [-0.1, -0.05) is 29.3 Å². The fraction of sp³-hybridized carbons (Fsp3) is 0.538. The minimum Gasteiger partial charge on any atom is -0.319 e. The molecule has 0 spiro atoms. The van der Waals surface area contributed by atoms with E-state index in [2.05, 4.69) is 37.4 Å². The van der Waals surface area contributed by atoms with Crippen molar-refractivity contribution < 1.29 is 0 Å². The summed E-state index contributed by atoms with van der Waals surface area (Å²) in [6, 6.07) is 6.94. The maximum Gasteiger partial charge on any atom is 0.00785 e. The number of rotatable bonds is 3. The van der Waals surface area contributed by atoms with Gasteiger partial charge in [-0.3, -0.25) is 0 Å². The van der Waals surface area contributed by atoms with E-state index in [9.17, 15) is 0 Å². The molecular formula is C13H19N. The van der Waals surface area contributed by atoms with E-state index in [0.717, 1.165) is 6.54 Å². The topological polar surface area (TPSA) is 12.0 Å². The molecule has 0 heterocycles. The van der Waals surface area contributed by atoms with Gasteiger partial charge in [-0.2, -0.15) is 0 Å². The molecule has 0 radical (unpaired) electrons. The molecular weight excluding hydrogens is 170 g/mol. The highest BCUT2D eigenvalue weighted by molar-refractivity contribution is 5.38. The summed E-state index contributed by atoms with van der Waals surface area (Å²) in [4.78, 5) is 0. The predicted molar refractivity (Wildman–Crippen MR) is 60.8 cm³/mol. The fourth-order valence-electron chi connectivity index (χ4n) is 2.34. The van der Waals surface area contributed by atoms with Gasteiger partial charge in [0, 0.05) is 12.0 Å². The standard InChI is InChI=1S/C13H19N/c1-10-6-11(2)8-12(7-10)13(4-5-13)9-14-3/h6-8,14H,4-5,9H2,1-3H3. The van der Waals surface area contributed by atoms with Gasteiger partial charge in [0.05, 0.1) is 0 Å². The summed E-state index contributed by atoms with van der Waals surface area (Å²) < 4.78 is 0. The van der Waals surface area contributed by atoms with Gasteiger partial charge in [0.2, 0.25) is 0 Å². The van der Waals surface area contributed by atoms with E-state index in [1.165, 1.54) is 29.5 Å². The van der Waals surface area contributed by atoms with Crippen molar-refractivity contribution in [3.63, 3.8) is 0 Å². The van der Waals surface area contributed by atoms with Gasteiger partial charge in [0.15, 0.2) is 0 Å². The number of likely N-dealkylation sites (N-methyl/N-ethyl adjacent to an activating group) is 1. The Morgan fingerprint density at radius 3 is 2.14 bits per heavy atom. The molecule has 1 nitrogen and oxygen atoms in total. The monoisotopic (exact) mass is 189 g/mol. The molecule has 2 rings (SSSR count). The van der Waals surface area contributed by atoms with E-state index in [1.807, 2.05) is 7.05 Å². The van der Waals surface area contributed by atoms with Crippen molar-refractivity contribution in [3.8, 4) is 0 Å². The van der Waals surface area contributed by atoms with Crippen molar-refractivity contribution in [2.75, 3.05) is 13.6 Å². The highest BCUT2D eigenvalue weighted by Gasteiger charge is 2.43. The van der Waals surface area contributed by atoms with Crippen molar-refractivity contribution in [3.05, 3.63) is 34.9 Å². The summed E-state index contributed by atoms with van der Waals surface area (Å²) in [5.41, 5.74) is 4.78.